The summed E-state index contributed by atoms with van der Waals surface area (Å²) in [6, 6.07) is 16.6. The maximum absolute atomic E-state index is 13.2. The first-order chi connectivity index (χ1) is 16.0. The Morgan fingerprint density at radius 2 is 1.70 bits per heavy atom. The number of rotatable bonds is 8. The van der Waals surface area contributed by atoms with Gasteiger partial charge < -0.3 is 5.11 Å². The summed E-state index contributed by atoms with van der Waals surface area (Å²) in [6.45, 7) is 1.44. The number of aryl methyl sites for hydroxylation is 1. The van der Waals surface area contributed by atoms with Crippen molar-refractivity contribution in [3.63, 3.8) is 0 Å². The first-order valence-electron chi connectivity index (χ1n) is 10.5. The molecule has 10 nitrogen and oxygen atoms in total. The van der Waals surface area contributed by atoms with Gasteiger partial charge in [-0.25, -0.2) is 14.5 Å². The van der Waals surface area contributed by atoms with Crippen LogP contribution in [-0.4, -0.2) is 40.8 Å². The average molecular weight is 446 g/mol. The maximum Gasteiger partial charge on any atom is 0.332 e. The van der Waals surface area contributed by atoms with Crippen molar-refractivity contribution in [3.8, 4) is 22.5 Å². The molecule has 0 radical (unpaired) electrons. The van der Waals surface area contributed by atoms with Crippen LogP contribution in [0.25, 0.3) is 22.5 Å². The second kappa shape index (κ2) is 9.43. The Bertz CT molecular complexity index is 1410. The number of nitrogens with zero attached hydrogens (tertiary/aromatic N) is 5. The largest absolute Gasteiger partial charge is 0.480 e. The van der Waals surface area contributed by atoms with E-state index in [0.717, 1.165) is 33.2 Å². The van der Waals surface area contributed by atoms with Gasteiger partial charge in [-0.1, -0.05) is 61.9 Å². The third-order valence-electron chi connectivity index (χ3n) is 5.33. The predicted molar refractivity (Wildman–Crippen MR) is 121 cm³/mol. The molecule has 0 unspecified atom stereocenters. The molecule has 0 fully saturated rings. The number of carboxylic acids is 1. The molecule has 4 rings (SSSR count). The van der Waals surface area contributed by atoms with Gasteiger partial charge in [0.2, 0.25) is 0 Å². The van der Waals surface area contributed by atoms with Crippen molar-refractivity contribution in [2.75, 3.05) is 0 Å². The highest BCUT2D eigenvalue weighted by atomic mass is 16.4. The highest BCUT2D eigenvalue weighted by molar-refractivity contribution is 5.82. The van der Waals surface area contributed by atoms with Crippen LogP contribution in [0, 0.1) is 0 Å². The molecule has 2 heterocycles. The molecule has 10 heteroatoms. The van der Waals surface area contributed by atoms with Gasteiger partial charge in [0.05, 0.1) is 6.54 Å². The Balaban J connectivity index is 1.86. The lowest BCUT2D eigenvalue weighted by Crippen LogP contribution is -2.42. The molecule has 0 saturated heterocycles. The number of nitrogens with one attached hydrogen (secondary N) is 1. The maximum atomic E-state index is 13.2. The minimum Gasteiger partial charge on any atom is -0.480 e. The van der Waals surface area contributed by atoms with E-state index in [4.69, 9.17) is 5.11 Å². The van der Waals surface area contributed by atoms with Crippen LogP contribution in [-0.2, 0) is 24.3 Å². The van der Waals surface area contributed by atoms with Gasteiger partial charge in [0, 0.05) is 17.3 Å². The van der Waals surface area contributed by atoms with Crippen LogP contribution in [0.4, 0.5) is 0 Å². The van der Waals surface area contributed by atoms with Crippen LogP contribution in [0.1, 0.15) is 24.6 Å². The van der Waals surface area contributed by atoms with Crippen molar-refractivity contribution in [1.29, 1.82) is 0 Å². The van der Waals surface area contributed by atoms with E-state index < -0.39 is 23.8 Å². The van der Waals surface area contributed by atoms with Crippen LogP contribution >= 0.6 is 0 Å². The Hall–Kier alpha value is -4.34. The molecule has 0 aliphatic carbocycles. The first-order valence-corrected chi connectivity index (χ1v) is 10.5. The molecule has 0 amide bonds. The second-order valence-electron chi connectivity index (χ2n) is 7.53. The third-order valence-corrected chi connectivity index (χ3v) is 5.33. The van der Waals surface area contributed by atoms with E-state index in [2.05, 4.69) is 20.6 Å². The molecular weight excluding hydrogens is 424 g/mol. The zero-order valence-corrected chi connectivity index (χ0v) is 17.9. The van der Waals surface area contributed by atoms with E-state index in [1.807, 2.05) is 55.5 Å². The zero-order valence-electron chi connectivity index (χ0n) is 17.9. The number of aromatic nitrogens is 6. The van der Waals surface area contributed by atoms with Gasteiger partial charge in [-0.15, -0.1) is 5.10 Å². The van der Waals surface area contributed by atoms with E-state index in [9.17, 15) is 14.4 Å². The summed E-state index contributed by atoms with van der Waals surface area (Å²) in [5.74, 6) is -0.738. The van der Waals surface area contributed by atoms with E-state index in [-0.39, 0.29) is 6.54 Å². The Kier molecular flexibility index (Phi) is 6.25. The highest BCUT2D eigenvalue weighted by Gasteiger charge is 2.17. The standard InChI is InChI=1S/C23H22N6O4/c1-2-7-16-12-20(30)29(14-21(31)32)23(33)28(16)13-15-8-3-4-9-17(15)18-10-5-6-11-19(18)22-24-26-27-25-22/h3-6,8-12H,2,7,13-14H2,1H3,(H,31,32)(H,24,25,26,27). The van der Waals surface area contributed by atoms with E-state index >= 15 is 0 Å². The molecule has 4 aromatic rings. The van der Waals surface area contributed by atoms with Crippen molar-refractivity contribution >= 4 is 5.97 Å². The average Bonchev–Trinajstić information content (AvgIpc) is 3.34. The normalized spacial score (nSPS) is 10.9. The van der Waals surface area contributed by atoms with Crippen molar-refractivity contribution in [2.24, 2.45) is 0 Å². The summed E-state index contributed by atoms with van der Waals surface area (Å²) in [4.78, 5) is 36.8. The molecule has 2 aromatic heterocycles. The lowest BCUT2D eigenvalue weighted by molar-refractivity contribution is -0.137. The highest BCUT2D eigenvalue weighted by Crippen LogP contribution is 2.32. The van der Waals surface area contributed by atoms with Crippen molar-refractivity contribution in [1.82, 2.24) is 29.8 Å². The number of carbonyl (C=O) groups is 1. The van der Waals surface area contributed by atoms with Crippen molar-refractivity contribution in [2.45, 2.75) is 32.9 Å². The molecule has 0 atom stereocenters. The van der Waals surface area contributed by atoms with Gasteiger partial charge >= 0.3 is 11.7 Å². The Morgan fingerprint density at radius 1 is 1.00 bits per heavy atom. The van der Waals surface area contributed by atoms with Crippen molar-refractivity contribution < 1.29 is 9.90 Å². The number of aromatic amines is 1. The molecule has 168 valence electrons. The molecule has 0 aliphatic heterocycles. The van der Waals surface area contributed by atoms with E-state index in [0.29, 0.717) is 17.9 Å². The number of hydrogen-bond donors (Lipinski definition) is 2. The minimum absolute atomic E-state index is 0.174. The SMILES string of the molecule is CCCc1cc(=O)n(CC(=O)O)c(=O)n1Cc1ccccc1-c1ccccc1-c1nnn[nH]1. The Morgan fingerprint density at radius 3 is 2.36 bits per heavy atom. The Labute approximate surface area is 188 Å². The molecule has 2 aromatic carbocycles. The summed E-state index contributed by atoms with van der Waals surface area (Å²) in [5, 5.41) is 23.3. The summed E-state index contributed by atoms with van der Waals surface area (Å²) >= 11 is 0. The van der Waals surface area contributed by atoms with Gasteiger partial charge in [-0.05, 0) is 33.5 Å². The lowest BCUT2D eigenvalue weighted by atomic mass is 9.95. The summed E-state index contributed by atoms with van der Waals surface area (Å²) < 4.78 is 2.23. The number of tetrazole rings is 1. The van der Waals surface area contributed by atoms with Gasteiger partial charge in [-0.2, -0.15) is 0 Å². The molecule has 0 bridgehead atoms. The third kappa shape index (κ3) is 4.49. The van der Waals surface area contributed by atoms with Crippen LogP contribution in [0.5, 0.6) is 0 Å². The monoisotopic (exact) mass is 446 g/mol. The van der Waals surface area contributed by atoms with Crippen LogP contribution in [0.15, 0.2) is 64.2 Å². The molecule has 0 spiro atoms. The van der Waals surface area contributed by atoms with Gasteiger partial charge in [0.25, 0.3) is 5.56 Å². The second-order valence-corrected chi connectivity index (χ2v) is 7.53. The molecular formula is C23H22N6O4. The molecule has 33 heavy (non-hydrogen) atoms. The first kappa shape index (κ1) is 21.9. The summed E-state index contributed by atoms with van der Waals surface area (Å²) in [5.41, 5.74) is 2.68. The predicted octanol–water partition coefficient (Wildman–Crippen LogP) is 1.94. The van der Waals surface area contributed by atoms with Gasteiger partial charge in [-0.3, -0.25) is 14.2 Å². The summed E-state index contributed by atoms with van der Waals surface area (Å²) in [6.07, 6.45) is 1.24. The topological polar surface area (TPSA) is 136 Å². The fraction of sp³-hybridized carbons (Fsp3) is 0.217. The zero-order chi connectivity index (χ0) is 23.4. The number of carboxylic acid groups (broad SMARTS) is 1. The quantitative estimate of drug-likeness (QED) is 0.422. The number of H-pyrrole nitrogens is 1. The fourth-order valence-electron chi connectivity index (χ4n) is 3.86. The van der Waals surface area contributed by atoms with Crippen LogP contribution < -0.4 is 11.2 Å². The van der Waals surface area contributed by atoms with E-state index in [1.165, 1.54) is 10.6 Å². The van der Waals surface area contributed by atoms with Crippen LogP contribution in [0.3, 0.4) is 0 Å². The minimum atomic E-state index is -1.25. The van der Waals surface area contributed by atoms with Gasteiger partial charge in [0.1, 0.15) is 6.54 Å². The number of hydrogen-bond acceptors (Lipinski definition) is 6. The van der Waals surface area contributed by atoms with E-state index in [1.54, 1.807) is 0 Å². The fourth-order valence-corrected chi connectivity index (χ4v) is 3.86. The summed E-state index contributed by atoms with van der Waals surface area (Å²) in [7, 11) is 0. The molecule has 2 N–H and O–H groups in total. The molecule has 0 aliphatic rings. The number of benzene rings is 2. The molecule has 0 saturated carbocycles. The van der Waals surface area contributed by atoms with Crippen molar-refractivity contribution in [3.05, 3.63) is 86.7 Å². The number of aliphatic carboxylic acids is 1. The van der Waals surface area contributed by atoms with Crippen LogP contribution in [0.2, 0.25) is 0 Å². The lowest BCUT2D eigenvalue weighted by Gasteiger charge is -2.17. The smallest absolute Gasteiger partial charge is 0.332 e. The van der Waals surface area contributed by atoms with Gasteiger partial charge in [0.15, 0.2) is 5.82 Å².